The topological polar surface area (TPSA) is 58.9 Å². The third-order valence-corrected chi connectivity index (χ3v) is 2.98. The third kappa shape index (κ3) is 1.21. The Morgan fingerprint density at radius 2 is 2.23 bits per heavy atom. The SMILES string of the molecule is CCOC12OC(C)[C@H](O)CC1C2O. The van der Waals surface area contributed by atoms with E-state index in [1.54, 1.807) is 6.92 Å². The number of aliphatic hydroxyl groups is 2. The summed E-state index contributed by atoms with van der Waals surface area (Å²) in [7, 11) is 0. The van der Waals surface area contributed by atoms with Gasteiger partial charge in [-0.2, -0.15) is 0 Å². The number of hydrogen-bond acceptors (Lipinski definition) is 4. The summed E-state index contributed by atoms with van der Waals surface area (Å²) >= 11 is 0. The molecular formula is C9H16O4. The minimum absolute atomic E-state index is 0.0429. The highest BCUT2D eigenvalue weighted by atomic mass is 16.7. The van der Waals surface area contributed by atoms with Crippen LogP contribution in [-0.4, -0.2) is 40.9 Å². The molecule has 2 rings (SSSR count). The molecule has 0 amide bonds. The van der Waals surface area contributed by atoms with E-state index in [-0.39, 0.29) is 12.0 Å². The lowest BCUT2D eigenvalue weighted by Crippen LogP contribution is -2.40. The van der Waals surface area contributed by atoms with Crippen molar-refractivity contribution in [2.24, 2.45) is 5.92 Å². The molecule has 0 radical (unpaired) electrons. The van der Waals surface area contributed by atoms with Crippen molar-refractivity contribution in [3.63, 3.8) is 0 Å². The van der Waals surface area contributed by atoms with Gasteiger partial charge in [-0.25, -0.2) is 0 Å². The third-order valence-electron chi connectivity index (χ3n) is 2.98. The molecule has 2 fully saturated rings. The van der Waals surface area contributed by atoms with Crippen molar-refractivity contribution < 1.29 is 19.7 Å². The second-order valence-electron chi connectivity index (χ2n) is 3.83. The fraction of sp³-hybridized carbons (Fsp3) is 1.00. The van der Waals surface area contributed by atoms with Crippen molar-refractivity contribution in [3.8, 4) is 0 Å². The molecule has 1 heterocycles. The predicted molar refractivity (Wildman–Crippen MR) is 45.0 cm³/mol. The van der Waals surface area contributed by atoms with E-state index in [1.165, 1.54) is 0 Å². The average molecular weight is 188 g/mol. The number of fused-ring (bicyclic) bond motifs is 1. The maximum absolute atomic E-state index is 9.58. The van der Waals surface area contributed by atoms with Crippen LogP contribution in [0.25, 0.3) is 0 Å². The van der Waals surface area contributed by atoms with E-state index in [0.29, 0.717) is 13.0 Å². The molecule has 2 aliphatic rings. The smallest absolute Gasteiger partial charge is 0.200 e. The lowest BCUT2D eigenvalue weighted by molar-refractivity contribution is -0.245. The molecule has 0 spiro atoms. The van der Waals surface area contributed by atoms with Crippen LogP contribution in [0.3, 0.4) is 0 Å². The summed E-state index contributed by atoms with van der Waals surface area (Å²) < 4.78 is 10.9. The Morgan fingerprint density at radius 3 is 2.85 bits per heavy atom. The Bertz CT molecular complexity index is 208. The predicted octanol–water partition coefficient (Wildman–Crippen LogP) is -0.120. The number of hydrogen-bond donors (Lipinski definition) is 2. The van der Waals surface area contributed by atoms with Crippen LogP contribution in [0.1, 0.15) is 20.3 Å². The summed E-state index contributed by atoms with van der Waals surface area (Å²) in [6.07, 6.45) is -0.717. The molecule has 76 valence electrons. The van der Waals surface area contributed by atoms with Crippen LogP contribution >= 0.6 is 0 Å². The van der Waals surface area contributed by atoms with Crippen molar-refractivity contribution in [3.05, 3.63) is 0 Å². The Morgan fingerprint density at radius 1 is 1.54 bits per heavy atom. The van der Waals surface area contributed by atoms with Gasteiger partial charge in [0.15, 0.2) is 0 Å². The molecule has 4 unspecified atom stereocenters. The van der Waals surface area contributed by atoms with Gasteiger partial charge in [-0.1, -0.05) is 0 Å². The molecule has 1 aliphatic heterocycles. The molecule has 4 heteroatoms. The van der Waals surface area contributed by atoms with Gasteiger partial charge in [0.05, 0.1) is 12.2 Å². The number of aliphatic hydroxyl groups excluding tert-OH is 2. The Labute approximate surface area is 77.5 Å². The highest BCUT2D eigenvalue weighted by molar-refractivity contribution is 5.12. The molecule has 2 N–H and O–H groups in total. The zero-order valence-electron chi connectivity index (χ0n) is 7.93. The normalized spacial score (nSPS) is 54.5. The minimum Gasteiger partial charge on any atom is -0.390 e. The lowest BCUT2D eigenvalue weighted by Gasteiger charge is -2.30. The summed E-state index contributed by atoms with van der Waals surface area (Å²) in [5.74, 6) is -0.841. The molecular weight excluding hydrogens is 172 g/mol. The van der Waals surface area contributed by atoms with Crippen molar-refractivity contribution in [2.75, 3.05) is 6.61 Å². The molecule has 13 heavy (non-hydrogen) atoms. The largest absolute Gasteiger partial charge is 0.390 e. The molecule has 1 aliphatic carbocycles. The van der Waals surface area contributed by atoms with Gasteiger partial charge in [0.1, 0.15) is 6.10 Å². The van der Waals surface area contributed by atoms with Gasteiger partial charge in [-0.05, 0) is 20.3 Å². The highest BCUT2D eigenvalue weighted by Crippen LogP contribution is 2.54. The second kappa shape index (κ2) is 2.92. The Balaban J connectivity index is 2.07. The van der Waals surface area contributed by atoms with Crippen molar-refractivity contribution >= 4 is 0 Å². The average Bonchev–Trinajstić information content (AvgIpc) is 2.60. The van der Waals surface area contributed by atoms with Gasteiger partial charge in [0, 0.05) is 12.5 Å². The molecule has 1 saturated carbocycles. The van der Waals surface area contributed by atoms with Gasteiger partial charge in [0.25, 0.3) is 0 Å². The number of ether oxygens (including phenoxy) is 2. The van der Waals surface area contributed by atoms with Gasteiger partial charge in [0.2, 0.25) is 5.79 Å². The molecule has 0 bridgehead atoms. The van der Waals surface area contributed by atoms with Crippen LogP contribution in [0, 0.1) is 5.92 Å². The van der Waals surface area contributed by atoms with E-state index in [9.17, 15) is 10.2 Å². The first-order chi connectivity index (χ1) is 6.12. The fourth-order valence-electron chi connectivity index (χ4n) is 2.11. The summed E-state index contributed by atoms with van der Waals surface area (Å²) in [6.45, 7) is 4.19. The number of rotatable bonds is 2. The van der Waals surface area contributed by atoms with E-state index in [0.717, 1.165) is 0 Å². The zero-order valence-corrected chi connectivity index (χ0v) is 7.93. The highest BCUT2D eigenvalue weighted by Gasteiger charge is 2.71. The monoisotopic (exact) mass is 188 g/mol. The standard InChI is InChI=1S/C9H16O4/c1-3-12-9-6(8(9)11)4-7(10)5(2)13-9/h5-8,10-11H,3-4H2,1-2H3/t5?,6?,7-,8?,9?/m1/s1. The first-order valence-corrected chi connectivity index (χ1v) is 4.79. The first-order valence-electron chi connectivity index (χ1n) is 4.79. The van der Waals surface area contributed by atoms with Crippen LogP contribution < -0.4 is 0 Å². The Kier molecular flexibility index (Phi) is 2.11. The summed E-state index contributed by atoms with van der Waals surface area (Å²) in [5.41, 5.74) is 0. The van der Waals surface area contributed by atoms with Crippen LogP contribution in [0.2, 0.25) is 0 Å². The van der Waals surface area contributed by atoms with Crippen LogP contribution in [0.5, 0.6) is 0 Å². The molecule has 4 nitrogen and oxygen atoms in total. The van der Waals surface area contributed by atoms with Crippen LogP contribution in [0.4, 0.5) is 0 Å². The maximum Gasteiger partial charge on any atom is 0.200 e. The fourth-order valence-corrected chi connectivity index (χ4v) is 2.11. The van der Waals surface area contributed by atoms with E-state index < -0.39 is 18.0 Å². The molecule has 0 aromatic heterocycles. The van der Waals surface area contributed by atoms with Gasteiger partial charge in [-0.15, -0.1) is 0 Å². The van der Waals surface area contributed by atoms with Crippen molar-refractivity contribution in [1.29, 1.82) is 0 Å². The maximum atomic E-state index is 9.58. The summed E-state index contributed by atoms with van der Waals surface area (Å²) in [5, 5.41) is 19.1. The molecule has 0 aromatic carbocycles. The van der Waals surface area contributed by atoms with Crippen molar-refractivity contribution in [2.45, 2.75) is 44.4 Å². The summed E-state index contributed by atoms with van der Waals surface area (Å²) in [4.78, 5) is 0. The molecule has 5 atom stereocenters. The molecule has 0 aromatic rings. The second-order valence-corrected chi connectivity index (χ2v) is 3.83. The van der Waals surface area contributed by atoms with E-state index >= 15 is 0 Å². The van der Waals surface area contributed by atoms with E-state index in [1.807, 2.05) is 6.92 Å². The van der Waals surface area contributed by atoms with Gasteiger partial charge in [-0.3, -0.25) is 0 Å². The Hall–Kier alpha value is -0.160. The van der Waals surface area contributed by atoms with Crippen LogP contribution in [-0.2, 0) is 9.47 Å². The quantitative estimate of drug-likeness (QED) is 0.634. The molecule has 1 saturated heterocycles. The lowest BCUT2D eigenvalue weighted by atomic mass is 10.1. The van der Waals surface area contributed by atoms with Crippen LogP contribution in [0.15, 0.2) is 0 Å². The van der Waals surface area contributed by atoms with Gasteiger partial charge >= 0.3 is 0 Å². The van der Waals surface area contributed by atoms with E-state index in [2.05, 4.69) is 0 Å². The first kappa shape index (κ1) is 9.40. The summed E-state index contributed by atoms with van der Waals surface area (Å²) in [6, 6.07) is 0. The minimum atomic E-state index is -0.798. The van der Waals surface area contributed by atoms with Gasteiger partial charge < -0.3 is 19.7 Å². The van der Waals surface area contributed by atoms with Crippen molar-refractivity contribution in [1.82, 2.24) is 0 Å². The zero-order chi connectivity index (χ0) is 9.64. The van der Waals surface area contributed by atoms with E-state index in [4.69, 9.17) is 9.47 Å².